The van der Waals surface area contributed by atoms with Gasteiger partial charge in [-0.25, -0.2) is 8.78 Å². The van der Waals surface area contributed by atoms with Crippen LogP contribution in [-0.4, -0.2) is 36.2 Å². The number of fused-ring (bicyclic) bond motifs is 4. The summed E-state index contributed by atoms with van der Waals surface area (Å²) in [5.41, 5.74) is 4.53. The Labute approximate surface area is 175 Å². The van der Waals surface area contributed by atoms with Crippen LogP contribution in [0.25, 0.3) is 10.9 Å². The van der Waals surface area contributed by atoms with Gasteiger partial charge in [0.1, 0.15) is 17.4 Å². The summed E-state index contributed by atoms with van der Waals surface area (Å²) in [6.07, 6.45) is 2.93. The van der Waals surface area contributed by atoms with Crippen molar-refractivity contribution in [2.24, 2.45) is 7.05 Å². The summed E-state index contributed by atoms with van der Waals surface area (Å²) in [6.45, 7) is 3.21. The topological polar surface area (TPSA) is 29.4 Å². The third kappa shape index (κ3) is 3.10. The van der Waals surface area contributed by atoms with Gasteiger partial charge >= 0.3 is 0 Å². The van der Waals surface area contributed by atoms with E-state index in [0.717, 1.165) is 50.7 Å². The van der Waals surface area contributed by atoms with E-state index in [2.05, 4.69) is 34.0 Å². The Morgan fingerprint density at radius 1 is 1.10 bits per heavy atom. The first kappa shape index (κ1) is 19.5. The number of nitrogens with one attached hydrogen (secondary N) is 1. The van der Waals surface area contributed by atoms with Crippen molar-refractivity contribution in [2.75, 3.05) is 26.7 Å². The zero-order chi connectivity index (χ0) is 20.9. The summed E-state index contributed by atoms with van der Waals surface area (Å²) in [7, 11) is 3.86. The van der Waals surface area contributed by atoms with Crippen molar-refractivity contribution in [1.82, 2.24) is 14.8 Å². The minimum atomic E-state index is -0.528. The largest absolute Gasteiger partial charge is 0.497 e. The molecule has 4 nitrogen and oxygen atoms in total. The minimum absolute atomic E-state index is 0.0631. The second kappa shape index (κ2) is 7.36. The number of likely N-dealkylation sites (tertiary alicyclic amines) is 1. The van der Waals surface area contributed by atoms with Gasteiger partial charge in [-0.05, 0) is 49.1 Å². The maximum atomic E-state index is 14.1. The van der Waals surface area contributed by atoms with Gasteiger partial charge in [0.25, 0.3) is 0 Å². The Kier molecular flexibility index (Phi) is 4.79. The first-order chi connectivity index (χ1) is 14.5. The van der Waals surface area contributed by atoms with E-state index in [1.54, 1.807) is 13.2 Å². The molecule has 0 bridgehead atoms. The van der Waals surface area contributed by atoms with Gasteiger partial charge in [-0.15, -0.1) is 0 Å². The van der Waals surface area contributed by atoms with Gasteiger partial charge in [0, 0.05) is 61.5 Å². The van der Waals surface area contributed by atoms with Crippen LogP contribution in [0, 0.1) is 11.6 Å². The van der Waals surface area contributed by atoms with Crippen molar-refractivity contribution in [1.29, 1.82) is 0 Å². The fraction of sp³-hybridized carbons (Fsp3) is 0.417. The van der Waals surface area contributed by atoms with Crippen LogP contribution >= 0.6 is 0 Å². The molecular formula is C24H27F2N3O. The van der Waals surface area contributed by atoms with Gasteiger partial charge in [0.15, 0.2) is 0 Å². The maximum absolute atomic E-state index is 14.1. The summed E-state index contributed by atoms with van der Waals surface area (Å²) >= 11 is 0. The molecule has 1 N–H and O–H groups in total. The number of rotatable bonds is 3. The average Bonchev–Trinajstić information content (AvgIpc) is 3.05. The number of hydrogen-bond donors (Lipinski definition) is 1. The number of nitrogens with zero attached hydrogens (tertiary/aromatic N) is 2. The van der Waals surface area contributed by atoms with E-state index in [4.69, 9.17) is 4.74 Å². The molecule has 0 unspecified atom stereocenters. The number of benzene rings is 2. The number of piperidine rings is 1. The third-order valence-corrected chi connectivity index (χ3v) is 6.92. The monoisotopic (exact) mass is 411 g/mol. The van der Waals surface area contributed by atoms with E-state index in [9.17, 15) is 8.78 Å². The molecule has 1 fully saturated rings. The van der Waals surface area contributed by atoms with Gasteiger partial charge in [0.05, 0.1) is 12.6 Å². The van der Waals surface area contributed by atoms with Crippen LogP contribution in [0.5, 0.6) is 5.75 Å². The fourth-order valence-electron chi connectivity index (χ4n) is 5.40. The maximum Gasteiger partial charge on any atom is 0.130 e. The highest BCUT2D eigenvalue weighted by Gasteiger charge is 2.42. The Morgan fingerprint density at radius 3 is 2.63 bits per heavy atom. The molecule has 2 aliphatic heterocycles. The van der Waals surface area contributed by atoms with E-state index in [0.29, 0.717) is 12.1 Å². The molecule has 2 aliphatic rings. The summed E-state index contributed by atoms with van der Waals surface area (Å²) < 4.78 is 35.1. The minimum Gasteiger partial charge on any atom is -0.497 e. The number of halogens is 2. The molecule has 5 rings (SSSR count). The van der Waals surface area contributed by atoms with E-state index >= 15 is 0 Å². The molecule has 30 heavy (non-hydrogen) atoms. The average molecular weight is 411 g/mol. The van der Waals surface area contributed by atoms with E-state index in [1.165, 1.54) is 28.2 Å². The predicted octanol–water partition coefficient (Wildman–Crippen LogP) is 4.10. The van der Waals surface area contributed by atoms with Crippen molar-refractivity contribution >= 4 is 10.9 Å². The second-order valence-corrected chi connectivity index (χ2v) is 8.54. The van der Waals surface area contributed by atoms with E-state index in [1.807, 2.05) is 6.07 Å². The molecule has 0 aliphatic carbocycles. The SMILES string of the molecule is COc1ccc2c(c1)c1c(n2C)C2(CCN(Cc3ccc(F)cc3F)CC2)NCC1. The Morgan fingerprint density at radius 2 is 1.90 bits per heavy atom. The Bertz CT molecular complexity index is 1100. The molecule has 158 valence electrons. The highest BCUT2D eigenvalue weighted by Crippen LogP contribution is 2.42. The molecule has 3 aromatic rings. The van der Waals surface area contributed by atoms with Gasteiger partial charge in [0.2, 0.25) is 0 Å². The van der Waals surface area contributed by atoms with Crippen LogP contribution in [-0.2, 0) is 25.6 Å². The van der Waals surface area contributed by atoms with Crippen molar-refractivity contribution in [3.05, 3.63) is 64.9 Å². The highest BCUT2D eigenvalue weighted by molar-refractivity contribution is 5.87. The number of aromatic nitrogens is 1. The molecule has 1 spiro atoms. The molecule has 3 heterocycles. The number of aryl methyl sites for hydroxylation is 1. The molecule has 0 saturated carbocycles. The molecule has 0 amide bonds. The van der Waals surface area contributed by atoms with Gasteiger partial charge in [-0.3, -0.25) is 4.90 Å². The van der Waals surface area contributed by atoms with Crippen LogP contribution in [0.2, 0.25) is 0 Å². The van der Waals surface area contributed by atoms with Crippen LogP contribution < -0.4 is 10.1 Å². The molecule has 1 aromatic heterocycles. The molecule has 0 atom stereocenters. The van der Waals surface area contributed by atoms with Crippen molar-refractivity contribution in [3.63, 3.8) is 0 Å². The van der Waals surface area contributed by atoms with Gasteiger partial charge < -0.3 is 14.6 Å². The summed E-state index contributed by atoms with van der Waals surface area (Å²) in [4.78, 5) is 2.27. The summed E-state index contributed by atoms with van der Waals surface area (Å²) in [5.74, 6) is -0.101. The van der Waals surface area contributed by atoms with Gasteiger partial charge in [-0.1, -0.05) is 6.07 Å². The van der Waals surface area contributed by atoms with Gasteiger partial charge in [-0.2, -0.15) is 0 Å². The van der Waals surface area contributed by atoms with Crippen LogP contribution in [0.3, 0.4) is 0 Å². The highest BCUT2D eigenvalue weighted by atomic mass is 19.1. The molecule has 0 radical (unpaired) electrons. The second-order valence-electron chi connectivity index (χ2n) is 8.54. The number of ether oxygens (including phenoxy) is 1. The lowest BCUT2D eigenvalue weighted by Gasteiger charge is -2.45. The Hall–Kier alpha value is -2.44. The first-order valence-corrected chi connectivity index (χ1v) is 10.6. The third-order valence-electron chi connectivity index (χ3n) is 6.92. The zero-order valence-electron chi connectivity index (χ0n) is 17.5. The van der Waals surface area contributed by atoms with Crippen LogP contribution in [0.15, 0.2) is 36.4 Å². The smallest absolute Gasteiger partial charge is 0.130 e. The first-order valence-electron chi connectivity index (χ1n) is 10.6. The number of methoxy groups -OCH3 is 1. The zero-order valence-corrected chi connectivity index (χ0v) is 17.5. The Balaban J connectivity index is 1.42. The van der Waals surface area contributed by atoms with E-state index < -0.39 is 11.6 Å². The number of hydrogen-bond acceptors (Lipinski definition) is 3. The predicted molar refractivity (Wildman–Crippen MR) is 114 cm³/mol. The van der Waals surface area contributed by atoms with Crippen molar-refractivity contribution in [3.8, 4) is 5.75 Å². The van der Waals surface area contributed by atoms with Crippen LogP contribution in [0.4, 0.5) is 8.78 Å². The normalized spacial score (nSPS) is 18.7. The van der Waals surface area contributed by atoms with Crippen molar-refractivity contribution < 1.29 is 13.5 Å². The van der Waals surface area contributed by atoms with Crippen LogP contribution in [0.1, 0.15) is 29.7 Å². The lowest BCUT2D eigenvalue weighted by molar-refractivity contribution is 0.118. The quantitative estimate of drug-likeness (QED) is 0.704. The molecule has 6 heteroatoms. The fourth-order valence-corrected chi connectivity index (χ4v) is 5.40. The standard InChI is InChI=1S/C24H27F2N3O/c1-28-22-6-5-18(30-2)14-20(22)19-7-10-27-24(23(19)28)8-11-29(12-9-24)15-16-3-4-17(25)13-21(16)26/h3-6,13-14,27H,7-12,15H2,1-2H3. The lowest BCUT2D eigenvalue weighted by Crippen LogP contribution is -2.54. The van der Waals surface area contributed by atoms with E-state index in [-0.39, 0.29) is 5.54 Å². The molecule has 1 saturated heterocycles. The summed E-state index contributed by atoms with van der Waals surface area (Å²) in [5, 5.41) is 5.10. The lowest BCUT2D eigenvalue weighted by atomic mass is 9.79. The molecular weight excluding hydrogens is 384 g/mol. The summed E-state index contributed by atoms with van der Waals surface area (Å²) in [6, 6.07) is 10.2. The molecule has 2 aromatic carbocycles. The van der Waals surface area contributed by atoms with Crippen molar-refractivity contribution in [2.45, 2.75) is 31.3 Å².